The Kier molecular flexibility index (Phi) is 6.70. The van der Waals surface area contributed by atoms with E-state index in [4.69, 9.17) is 0 Å². The standard InChI is InChI=1S/C21H35N3/c1-19(11-12-20-8-4-3-5-9-20)24-16-14-23(15-17-24)18-21-10-6-7-13-22(21)2/h3-5,8-9,19,21H,6-7,10-18H2,1-2H3/t19-,21+/m1/s1. The van der Waals surface area contributed by atoms with Gasteiger partial charge in [0.15, 0.2) is 0 Å². The van der Waals surface area contributed by atoms with Crippen molar-refractivity contribution in [3.8, 4) is 0 Å². The lowest BCUT2D eigenvalue weighted by molar-refractivity contribution is 0.0673. The number of benzene rings is 1. The molecule has 0 saturated carbocycles. The van der Waals surface area contributed by atoms with Crippen molar-refractivity contribution in [2.24, 2.45) is 0 Å². The van der Waals surface area contributed by atoms with Gasteiger partial charge in [0.25, 0.3) is 0 Å². The molecular weight excluding hydrogens is 294 g/mol. The molecule has 0 aliphatic carbocycles. The zero-order valence-electron chi connectivity index (χ0n) is 15.7. The van der Waals surface area contributed by atoms with Gasteiger partial charge >= 0.3 is 0 Å². The third kappa shape index (κ3) is 5.05. The van der Waals surface area contributed by atoms with E-state index in [2.05, 4.69) is 59.0 Å². The van der Waals surface area contributed by atoms with Crippen LogP contribution >= 0.6 is 0 Å². The van der Waals surface area contributed by atoms with Gasteiger partial charge in [-0.1, -0.05) is 36.8 Å². The molecule has 3 nitrogen and oxygen atoms in total. The highest BCUT2D eigenvalue weighted by Gasteiger charge is 2.25. The number of hydrogen-bond acceptors (Lipinski definition) is 3. The molecule has 1 aromatic rings. The van der Waals surface area contributed by atoms with E-state index in [1.54, 1.807) is 0 Å². The molecule has 24 heavy (non-hydrogen) atoms. The summed E-state index contributed by atoms with van der Waals surface area (Å²) >= 11 is 0. The average molecular weight is 330 g/mol. The third-order valence-corrected chi connectivity index (χ3v) is 6.11. The lowest BCUT2D eigenvalue weighted by Crippen LogP contribution is -2.53. The lowest BCUT2D eigenvalue weighted by Gasteiger charge is -2.41. The van der Waals surface area contributed by atoms with Crippen LogP contribution in [0.3, 0.4) is 0 Å². The fourth-order valence-electron chi connectivity index (χ4n) is 4.26. The van der Waals surface area contributed by atoms with Crippen LogP contribution in [0.1, 0.15) is 38.2 Å². The number of rotatable bonds is 6. The Morgan fingerprint density at radius 2 is 1.75 bits per heavy atom. The van der Waals surface area contributed by atoms with E-state index >= 15 is 0 Å². The highest BCUT2D eigenvalue weighted by Crippen LogP contribution is 2.18. The predicted octanol–water partition coefficient (Wildman–Crippen LogP) is 3.11. The summed E-state index contributed by atoms with van der Waals surface area (Å²) in [5.74, 6) is 0. The molecule has 2 saturated heterocycles. The van der Waals surface area contributed by atoms with Gasteiger partial charge < -0.3 is 4.90 Å². The molecule has 2 aliphatic heterocycles. The molecule has 1 aromatic carbocycles. The van der Waals surface area contributed by atoms with E-state index in [1.165, 1.54) is 76.9 Å². The van der Waals surface area contributed by atoms with Gasteiger partial charge in [-0.3, -0.25) is 9.80 Å². The maximum absolute atomic E-state index is 2.70. The van der Waals surface area contributed by atoms with Crippen molar-refractivity contribution in [1.29, 1.82) is 0 Å². The Balaban J connectivity index is 1.38. The Labute approximate surface area is 148 Å². The number of hydrogen-bond donors (Lipinski definition) is 0. The van der Waals surface area contributed by atoms with Gasteiger partial charge in [0.2, 0.25) is 0 Å². The molecular formula is C21H35N3. The summed E-state index contributed by atoms with van der Waals surface area (Å²) < 4.78 is 0. The molecule has 2 fully saturated rings. The molecule has 0 amide bonds. The van der Waals surface area contributed by atoms with Crippen LogP contribution in [0.15, 0.2) is 30.3 Å². The first-order valence-electron chi connectivity index (χ1n) is 9.93. The van der Waals surface area contributed by atoms with E-state index in [1.807, 2.05) is 0 Å². The van der Waals surface area contributed by atoms with E-state index in [-0.39, 0.29) is 0 Å². The van der Waals surface area contributed by atoms with Crippen LogP contribution in [-0.2, 0) is 6.42 Å². The normalized spacial score (nSPS) is 25.7. The largest absolute Gasteiger partial charge is 0.302 e. The highest BCUT2D eigenvalue weighted by atomic mass is 15.3. The van der Waals surface area contributed by atoms with Crippen LogP contribution < -0.4 is 0 Å². The number of likely N-dealkylation sites (N-methyl/N-ethyl adjacent to an activating group) is 1. The molecule has 3 rings (SSSR count). The van der Waals surface area contributed by atoms with E-state index in [0.717, 1.165) is 6.04 Å². The Morgan fingerprint density at radius 3 is 2.46 bits per heavy atom. The quantitative estimate of drug-likeness (QED) is 0.794. The Morgan fingerprint density at radius 1 is 1.00 bits per heavy atom. The van der Waals surface area contributed by atoms with Crippen LogP contribution in [0.4, 0.5) is 0 Å². The molecule has 134 valence electrons. The van der Waals surface area contributed by atoms with E-state index < -0.39 is 0 Å². The molecule has 2 aliphatic rings. The van der Waals surface area contributed by atoms with Gasteiger partial charge in [0.05, 0.1) is 0 Å². The molecule has 2 heterocycles. The van der Waals surface area contributed by atoms with Crippen LogP contribution in [-0.4, -0.2) is 73.1 Å². The fraction of sp³-hybridized carbons (Fsp3) is 0.714. The van der Waals surface area contributed by atoms with Crippen molar-refractivity contribution in [3.63, 3.8) is 0 Å². The number of likely N-dealkylation sites (tertiary alicyclic amines) is 1. The average Bonchev–Trinajstić information content (AvgIpc) is 2.63. The van der Waals surface area contributed by atoms with Crippen molar-refractivity contribution >= 4 is 0 Å². The van der Waals surface area contributed by atoms with Gasteiger partial charge in [-0.2, -0.15) is 0 Å². The molecule has 0 spiro atoms. The summed E-state index contributed by atoms with van der Waals surface area (Å²) in [5.41, 5.74) is 1.48. The molecule has 0 N–H and O–H groups in total. The second-order valence-corrected chi connectivity index (χ2v) is 7.84. The molecule has 2 atom stereocenters. The van der Waals surface area contributed by atoms with Crippen molar-refractivity contribution in [1.82, 2.24) is 14.7 Å². The van der Waals surface area contributed by atoms with Crippen molar-refractivity contribution in [2.45, 2.75) is 51.1 Å². The first-order valence-corrected chi connectivity index (χ1v) is 9.93. The van der Waals surface area contributed by atoms with Crippen LogP contribution in [0.5, 0.6) is 0 Å². The summed E-state index contributed by atoms with van der Waals surface area (Å²) in [6, 6.07) is 12.4. The minimum Gasteiger partial charge on any atom is -0.302 e. The topological polar surface area (TPSA) is 9.72 Å². The zero-order valence-corrected chi connectivity index (χ0v) is 15.7. The molecule has 0 unspecified atom stereocenters. The van der Waals surface area contributed by atoms with Gasteiger partial charge in [0, 0.05) is 44.8 Å². The Hall–Kier alpha value is -0.900. The molecule has 3 heteroatoms. The summed E-state index contributed by atoms with van der Waals surface area (Å²) in [5, 5.41) is 0. The third-order valence-electron chi connectivity index (χ3n) is 6.11. The van der Waals surface area contributed by atoms with Crippen LogP contribution in [0.2, 0.25) is 0 Å². The molecule has 0 bridgehead atoms. The SMILES string of the molecule is C[C@H](CCc1ccccc1)N1CCN(C[C@@H]2CCCCN2C)CC1. The summed E-state index contributed by atoms with van der Waals surface area (Å²) in [4.78, 5) is 7.98. The fourth-order valence-corrected chi connectivity index (χ4v) is 4.26. The Bertz CT molecular complexity index is 467. The van der Waals surface area contributed by atoms with Crippen LogP contribution in [0.25, 0.3) is 0 Å². The van der Waals surface area contributed by atoms with Gasteiger partial charge in [0.1, 0.15) is 0 Å². The smallest absolute Gasteiger partial charge is 0.0220 e. The highest BCUT2D eigenvalue weighted by molar-refractivity contribution is 5.14. The lowest BCUT2D eigenvalue weighted by atomic mass is 10.0. The summed E-state index contributed by atoms with van der Waals surface area (Å²) in [7, 11) is 2.31. The first-order chi connectivity index (χ1) is 11.7. The second kappa shape index (κ2) is 8.98. The minimum absolute atomic E-state index is 0.699. The van der Waals surface area contributed by atoms with Crippen molar-refractivity contribution in [3.05, 3.63) is 35.9 Å². The summed E-state index contributed by atoms with van der Waals surface area (Å²) in [6.07, 6.45) is 6.68. The maximum Gasteiger partial charge on any atom is 0.0220 e. The number of piperidine rings is 1. The summed E-state index contributed by atoms with van der Waals surface area (Å²) in [6.45, 7) is 9.97. The second-order valence-electron chi connectivity index (χ2n) is 7.84. The number of nitrogens with zero attached hydrogens (tertiary/aromatic N) is 3. The zero-order chi connectivity index (χ0) is 16.8. The van der Waals surface area contributed by atoms with Gasteiger partial charge in [-0.25, -0.2) is 0 Å². The van der Waals surface area contributed by atoms with E-state index in [0.29, 0.717) is 6.04 Å². The molecule has 0 aromatic heterocycles. The van der Waals surface area contributed by atoms with Crippen LogP contribution in [0, 0.1) is 0 Å². The monoisotopic (exact) mass is 329 g/mol. The molecule has 0 radical (unpaired) electrons. The minimum atomic E-state index is 0.699. The number of aryl methyl sites for hydroxylation is 1. The van der Waals surface area contributed by atoms with Crippen molar-refractivity contribution < 1.29 is 0 Å². The van der Waals surface area contributed by atoms with Gasteiger partial charge in [-0.15, -0.1) is 0 Å². The number of piperazine rings is 1. The van der Waals surface area contributed by atoms with E-state index in [9.17, 15) is 0 Å². The maximum atomic E-state index is 2.70. The van der Waals surface area contributed by atoms with Crippen molar-refractivity contribution in [2.75, 3.05) is 46.3 Å². The first kappa shape index (κ1) is 17.9. The van der Waals surface area contributed by atoms with Gasteiger partial charge in [-0.05, 0) is 51.8 Å². The predicted molar refractivity (Wildman–Crippen MR) is 103 cm³/mol.